The van der Waals surface area contributed by atoms with E-state index in [2.05, 4.69) is 9.97 Å². The van der Waals surface area contributed by atoms with Gasteiger partial charge >= 0.3 is 0 Å². The van der Waals surface area contributed by atoms with Crippen molar-refractivity contribution in [3.63, 3.8) is 0 Å². The van der Waals surface area contributed by atoms with Crippen molar-refractivity contribution in [2.75, 3.05) is 12.3 Å². The SMILES string of the molecule is C[C@@]1(O)[C@H](OCc2c(Cl)cccc2Cl)[C@@H](COCc2c(Cl)cccc2Cl)O[C@H]1n1ccc2c(Cl)nc(N)nc21. The van der Waals surface area contributed by atoms with Gasteiger partial charge in [-0.1, -0.05) is 70.1 Å². The van der Waals surface area contributed by atoms with E-state index in [4.69, 9.17) is 77.9 Å². The molecule has 3 N–H and O–H groups in total. The Labute approximate surface area is 249 Å². The first-order valence-corrected chi connectivity index (χ1v) is 13.7. The largest absolute Gasteiger partial charge is 0.383 e. The molecule has 5 rings (SSSR count). The fraction of sp³-hybridized carbons (Fsp3) is 0.308. The Morgan fingerprint density at radius 3 is 2.15 bits per heavy atom. The molecule has 206 valence electrons. The van der Waals surface area contributed by atoms with Crippen LogP contribution in [0, 0.1) is 0 Å². The summed E-state index contributed by atoms with van der Waals surface area (Å²) < 4.78 is 20.2. The second-order valence-electron chi connectivity index (χ2n) is 9.23. The minimum Gasteiger partial charge on any atom is -0.383 e. The number of halogens is 5. The van der Waals surface area contributed by atoms with Gasteiger partial charge < -0.3 is 29.6 Å². The van der Waals surface area contributed by atoms with E-state index in [0.29, 0.717) is 42.3 Å². The molecule has 0 spiro atoms. The molecule has 39 heavy (non-hydrogen) atoms. The molecule has 1 aliphatic heterocycles. The van der Waals surface area contributed by atoms with E-state index in [1.807, 2.05) is 0 Å². The summed E-state index contributed by atoms with van der Waals surface area (Å²) in [6, 6.07) is 12.1. The van der Waals surface area contributed by atoms with Gasteiger partial charge in [-0.05, 0) is 37.3 Å². The van der Waals surface area contributed by atoms with Gasteiger partial charge in [-0.2, -0.15) is 4.98 Å². The van der Waals surface area contributed by atoms with Gasteiger partial charge in [0.2, 0.25) is 5.95 Å². The molecule has 4 aromatic rings. The molecule has 0 saturated carbocycles. The molecular formula is C26H23Cl5N4O4. The summed E-state index contributed by atoms with van der Waals surface area (Å²) in [5, 5.41) is 14.4. The maximum absolute atomic E-state index is 11.8. The summed E-state index contributed by atoms with van der Waals surface area (Å²) in [6.45, 7) is 1.81. The quantitative estimate of drug-likeness (QED) is 0.208. The van der Waals surface area contributed by atoms with Crippen molar-refractivity contribution in [3.05, 3.63) is 85.0 Å². The molecule has 2 aromatic heterocycles. The minimum atomic E-state index is -1.57. The van der Waals surface area contributed by atoms with E-state index in [9.17, 15) is 5.11 Å². The Balaban J connectivity index is 1.44. The number of nitrogens with two attached hydrogens (primary N) is 1. The summed E-state index contributed by atoms with van der Waals surface area (Å²) in [6.07, 6.45) is -0.841. The molecule has 4 atom stereocenters. The number of nitrogen functional groups attached to an aromatic ring is 1. The Morgan fingerprint density at radius 1 is 0.949 bits per heavy atom. The number of fused-ring (bicyclic) bond motifs is 1. The molecular weight excluding hydrogens is 610 g/mol. The number of aromatic nitrogens is 3. The lowest BCUT2D eigenvalue weighted by atomic mass is 9.96. The van der Waals surface area contributed by atoms with E-state index in [1.165, 1.54) is 0 Å². The molecule has 1 fully saturated rings. The third-order valence-corrected chi connectivity index (χ3v) is 8.28. The minimum absolute atomic E-state index is 0.0113. The molecule has 0 amide bonds. The average Bonchev–Trinajstić information content (AvgIpc) is 3.38. The lowest BCUT2D eigenvalue weighted by molar-refractivity contribution is -0.114. The lowest BCUT2D eigenvalue weighted by Gasteiger charge is -2.31. The molecule has 1 aliphatic rings. The van der Waals surface area contributed by atoms with Crippen LogP contribution >= 0.6 is 58.0 Å². The summed E-state index contributed by atoms with van der Waals surface area (Å²) in [5.41, 5.74) is 5.90. The fourth-order valence-electron chi connectivity index (χ4n) is 4.63. The summed E-state index contributed by atoms with van der Waals surface area (Å²) >= 11 is 31.6. The highest BCUT2D eigenvalue weighted by Crippen LogP contribution is 2.43. The number of hydrogen-bond donors (Lipinski definition) is 2. The van der Waals surface area contributed by atoms with Gasteiger partial charge in [0, 0.05) is 37.4 Å². The van der Waals surface area contributed by atoms with E-state index < -0.39 is 24.0 Å². The van der Waals surface area contributed by atoms with Crippen molar-refractivity contribution in [2.24, 2.45) is 0 Å². The first-order valence-electron chi connectivity index (χ1n) is 11.8. The van der Waals surface area contributed by atoms with Crippen molar-refractivity contribution >= 4 is 75.0 Å². The normalized spacial score (nSPS) is 23.1. The van der Waals surface area contributed by atoms with Crippen molar-refractivity contribution in [2.45, 2.75) is 44.2 Å². The third kappa shape index (κ3) is 5.68. The maximum Gasteiger partial charge on any atom is 0.223 e. The molecule has 0 unspecified atom stereocenters. The average molecular weight is 633 g/mol. The van der Waals surface area contributed by atoms with E-state index in [1.54, 1.807) is 60.2 Å². The number of anilines is 1. The standard InChI is InChI=1S/C26H23Cl5N4O4/c1-26(36)21(38-11-15-18(29)6-3-7-19(15)30)20(12-37-10-14-16(27)4-2-5-17(14)28)39-24(26)35-9-8-13-22(31)33-25(32)34-23(13)35/h2-9,20-21,24,36H,10-12H2,1H3,(H2,32,33,34)/t20-,21-,24-,26-/m1/s1. The van der Waals surface area contributed by atoms with Crippen molar-refractivity contribution in [1.82, 2.24) is 14.5 Å². The smallest absolute Gasteiger partial charge is 0.223 e. The van der Waals surface area contributed by atoms with Crippen molar-refractivity contribution in [3.8, 4) is 0 Å². The molecule has 13 heteroatoms. The Bertz CT molecular complexity index is 1470. The van der Waals surface area contributed by atoms with E-state index >= 15 is 0 Å². The number of rotatable bonds is 8. The van der Waals surface area contributed by atoms with Crippen LogP contribution in [0.3, 0.4) is 0 Å². The lowest BCUT2D eigenvalue weighted by Crippen LogP contribution is -2.46. The zero-order valence-electron chi connectivity index (χ0n) is 20.5. The maximum atomic E-state index is 11.8. The van der Waals surface area contributed by atoms with Gasteiger partial charge in [0.25, 0.3) is 0 Å². The van der Waals surface area contributed by atoms with Crippen LogP contribution in [0.2, 0.25) is 25.2 Å². The van der Waals surface area contributed by atoms with Gasteiger partial charge in [-0.25, -0.2) is 4.98 Å². The Hall–Kier alpha value is -1.85. The van der Waals surface area contributed by atoms with Gasteiger partial charge in [-0.15, -0.1) is 0 Å². The highest BCUT2D eigenvalue weighted by molar-refractivity contribution is 6.36. The highest BCUT2D eigenvalue weighted by Gasteiger charge is 2.55. The predicted molar refractivity (Wildman–Crippen MR) is 153 cm³/mol. The monoisotopic (exact) mass is 630 g/mol. The highest BCUT2D eigenvalue weighted by atomic mass is 35.5. The number of ether oxygens (including phenoxy) is 3. The van der Waals surface area contributed by atoms with Crippen LogP contribution in [0.25, 0.3) is 11.0 Å². The first kappa shape index (κ1) is 28.7. The number of nitrogens with zero attached hydrogens (tertiary/aromatic N) is 3. The molecule has 2 aromatic carbocycles. The predicted octanol–water partition coefficient (Wildman–Crippen LogP) is 6.73. The second-order valence-corrected chi connectivity index (χ2v) is 11.2. The van der Waals surface area contributed by atoms with Crippen LogP contribution in [0.15, 0.2) is 48.7 Å². The van der Waals surface area contributed by atoms with Crippen LogP contribution in [0.5, 0.6) is 0 Å². The molecule has 3 heterocycles. The fourth-order valence-corrected chi connectivity index (χ4v) is 5.88. The van der Waals surface area contributed by atoms with Crippen LogP contribution in [-0.2, 0) is 27.4 Å². The zero-order valence-corrected chi connectivity index (χ0v) is 24.2. The van der Waals surface area contributed by atoms with Crippen LogP contribution in [0.4, 0.5) is 5.95 Å². The van der Waals surface area contributed by atoms with Crippen molar-refractivity contribution < 1.29 is 19.3 Å². The van der Waals surface area contributed by atoms with Gasteiger partial charge in [0.1, 0.15) is 28.6 Å². The van der Waals surface area contributed by atoms with E-state index in [-0.39, 0.29) is 30.9 Å². The number of aliphatic hydroxyl groups is 1. The Morgan fingerprint density at radius 2 is 1.54 bits per heavy atom. The molecule has 8 nitrogen and oxygen atoms in total. The number of hydrogen-bond acceptors (Lipinski definition) is 7. The van der Waals surface area contributed by atoms with Gasteiger partial charge in [0.05, 0.1) is 25.2 Å². The topological polar surface area (TPSA) is 105 Å². The Kier molecular flexibility index (Phi) is 8.50. The molecule has 1 saturated heterocycles. The molecule has 0 bridgehead atoms. The molecule has 0 radical (unpaired) electrons. The summed E-state index contributed by atoms with van der Waals surface area (Å²) in [5.74, 6) is -0.0113. The zero-order chi connectivity index (χ0) is 27.9. The molecule has 0 aliphatic carbocycles. The van der Waals surface area contributed by atoms with Crippen molar-refractivity contribution in [1.29, 1.82) is 0 Å². The second kappa shape index (κ2) is 11.6. The third-order valence-electron chi connectivity index (χ3n) is 6.57. The summed E-state index contributed by atoms with van der Waals surface area (Å²) in [7, 11) is 0. The van der Waals surface area contributed by atoms with Crippen LogP contribution in [0.1, 0.15) is 24.3 Å². The summed E-state index contributed by atoms with van der Waals surface area (Å²) in [4.78, 5) is 8.31. The first-order chi connectivity index (χ1) is 18.6. The van der Waals surface area contributed by atoms with E-state index in [0.717, 1.165) is 0 Å². The van der Waals surface area contributed by atoms with Gasteiger partial charge in [-0.3, -0.25) is 0 Å². The van der Waals surface area contributed by atoms with Gasteiger partial charge in [0.15, 0.2) is 6.23 Å². The van der Waals surface area contributed by atoms with Crippen LogP contribution in [-0.4, -0.2) is 44.1 Å². The number of benzene rings is 2. The van der Waals surface area contributed by atoms with Crippen LogP contribution < -0.4 is 5.73 Å².